The van der Waals surface area contributed by atoms with Crippen molar-refractivity contribution in [3.63, 3.8) is 0 Å². The molecule has 30 heavy (non-hydrogen) atoms. The van der Waals surface area contributed by atoms with Gasteiger partial charge in [0.05, 0.1) is 24.0 Å². The Morgan fingerprint density at radius 3 is 2.23 bits per heavy atom. The van der Waals surface area contributed by atoms with E-state index < -0.39 is 17.9 Å². The summed E-state index contributed by atoms with van der Waals surface area (Å²) in [5.41, 5.74) is 2.99. The van der Waals surface area contributed by atoms with Gasteiger partial charge in [0.25, 0.3) is 0 Å². The van der Waals surface area contributed by atoms with Crippen LogP contribution in [0.2, 0.25) is 0 Å². The second-order valence-corrected chi connectivity index (χ2v) is 7.59. The molecule has 2 amide bonds. The number of aromatic nitrogens is 1. The van der Waals surface area contributed by atoms with Crippen molar-refractivity contribution in [3.8, 4) is 0 Å². The van der Waals surface area contributed by atoms with Gasteiger partial charge in [-0.15, -0.1) is 0 Å². The van der Waals surface area contributed by atoms with E-state index in [1.165, 1.54) is 5.56 Å². The van der Waals surface area contributed by atoms with Crippen molar-refractivity contribution < 1.29 is 19.4 Å². The van der Waals surface area contributed by atoms with E-state index in [4.69, 9.17) is 9.84 Å². The van der Waals surface area contributed by atoms with Crippen LogP contribution in [0, 0.1) is 11.8 Å². The molecule has 4 rings (SSSR count). The molecule has 1 aromatic heterocycles. The lowest BCUT2D eigenvalue weighted by Crippen LogP contribution is -2.44. The number of carbonyl (C=O) groups excluding carboxylic acids is 2. The van der Waals surface area contributed by atoms with Crippen LogP contribution in [0.15, 0.2) is 60.9 Å². The Morgan fingerprint density at radius 2 is 1.57 bits per heavy atom. The first-order valence-corrected chi connectivity index (χ1v) is 10.2. The third-order valence-corrected chi connectivity index (χ3v) is 5.52. The number of benzene rings is 1. The lowest BCUT2D eigenvalue weighted by Gasteiger charge is -2.23. The first-order valence-electron chi connectivity index (χ1n) is 10.2. The molecule has 2 bridgehead atoms. The molecule has 0 spiro atoms. The lowest BCUT2D eigenvalue weighted by atomic mass is 9.81. The number of aliphatic hydroxyl groups excluding tert-OH is 1. The Labute approximate surface area is 175 Å². The molecule has 3 heterocycles. The fraction of sp³-hybridized carbons (Fsp3) is 0.348. The van der Waals surface area contributed by atoms with Gasteiger partial charge >= 0.3 is 0 Å². The van der Waals surface area contributed by atoms with Crippen LogP contribution in [0.1, 0.15) is 17.5 Å². The van der Waals surface area contributed by atoms with E-state index in [9.17, 15) is 9.59 Å². The maximum atomic E-state index is 13.0. The molecule has 156 valence electrons. The van der Waals surface area contributed by atoms with Crippen LogP contribution in [-0.4, -0.2) is 47.3 Å². The number of hydrogen-bond donors (Lipinski definition) is 3. The summed E-state index contributed by atoms with van der Waals surface area (Å²) in [4.78, 5) is 29.6. The van der Waals surface area contributed by atoms with Gasteiger partial charge < -0.3 is 20.5 Å². The Balaban J connectivity index is 1.40. The highest BCUT2D eigenvalue weighted by Crippen LogP contribution is 2.40. The van der Waals surface area contributed by atoms with Crippen molar-refractivity contribution in [3.05, 3.63) is 72.1 Å². The Morgan fingerprint density at radius 1 is 0.933 bits per heavy atom. The summed E-state index contributed by atoms with van der Waals surface area (Å²) < 4.78 is 5.78. The number of amides is 2. The first kappa shape index (κ1) is 20.3. The van der Waals surface area contributed by atoms with E-state index in [1.54, 1.807) is 12.4 Å². The minimum Gasteiger partial charge on any atom is -0.396 e. The highest BCUT2D eigenvalue weighted by molar-refractivity contribution is 5.97. The van der Waals surface area contributed by atoms with E-state index in [1.807, 2.05) is 48.6 Å². The fourth-order valence-electron chi connectivity index (χ4n) is 4.01. The van der Waals surface area contributed by atoms with Gasteiger partial charge in [-0.05, 0) is 48.2 Å². The van der Waals surface area contributed by atoms with E-state index in [0.29, 0.717) is 18.7 Å². The van der Waals surface area contributed by atoms with Crippen LogP contribution in [-0.2, 0) is 20.7 Å². The van der Waals surface area contributed by atoms with Crippen molar-refractivity contribution in [2.24, 2.45) is 11.8 Å². The number of fused-ring (bicyclic) bond motifs is 2. The number of pyridine rings is 1. The van der Waals surface area contributed by atoms with Crippen molar-refractivity contribution in [1.29, 1.82) is 0 Å². The summed E-state index contributed by atoms with van der Waals surface area (Å²) in [6.45, 7) is 0.384. The molecule has 7 heteroatoms. The first-order chi connectivity index (χ1) is 14.7. The summed E-state index contributed by atoms with van der Waals surface area (Å²) in [5.74, 6) is -1.58. The van der Waals surface area contributed by atoms with Crippen LogP contribution in [0.25, 0.3) is 0 Å². The molecule has 2 aliphatic rings. The number of aliphatic hydroxyl groups is 1. The van der Waals surface area contributed by atoms with E-state index in [0.717, 1.165) is 12.0 Å². The Hall–Kier alpha value is -3.03. The predicted octanol–water partition coefficient (Wildman–Crippen LogP) is 1.68. The van der Waals surface area contributed by atoms with Gasteiger partial charge in [-0.3, -0.25) is 14.6 Å². The SMILES string of the molecule is O=C(NCCCO)C1C2C=CC(O2)C1C(=O)Nc1ccc(Cc2ccncc2)cc1. The number of anilines is 1. The lowest BCUT2D eigenvalue weighted by molar-refractivity contribution is -0.131. The normalized spacial score (nSPS) is 24.0. The molecule has 1 fully saturated rings. The maximum absolute atomic E-state index is 13.0. The summed E-state index contributed by atoms with van der Waals surface area (Å²) in [7, 11) is 0. The van der Waals surface area contributed by atoms with E-state index in [-0.39, 0.29) is 24.5 Å². The molecule has 0 radical (unpaired) electrons. The molecule has 2 aromatic rings. The van der Waals surface area contributed by atoms with Crippen LogP contribution in [0.4, 0.5) is 5.69 Å². The number of nitrogens with one attached hydrogen (secondary N) is 2. The molecule has 2 aliphatic heterocycles. The van der Waals surface area contributed by atoms with Gasteiger partial charge in [0.15, 0.2) is 0 Å². The largest absolute Gasteiger partial charge is 0.396 e. The molecule has 1 aromatic carbocycles. The third kappa shape index (κ3) is 4.42. The molecule has 4 atom stereocenters. The van der Waals surface area contributed by atoms with Crippen LogP contribution in [0.3, 0.4) is 0 Å². The molecule has 4 unspecified atom stereocenters. The standard InChI is InChI=1S/C23H25N3O4/c27-13-1-10-25-22(28)20-18-6-7-19(30-18)21(20)23(29)26-17-4-2-15(3-5-17)14-16-8-11-24-12-9-16/h2-9,11-12,18-21,27H,1,10,13-14H2,(H,25,28)(H,26,29). The molecule has 0 aliphatic carbocycles. The minimum absolute atomic E-state index is 0.00841. The molecule has 0 saturated carbocycles. The van der Waals surface area contributed by atoms with Gasteiger partial charge in [-0.2, -0.15) is 0 Å². The van der Waals surface area contributed by atoms with Crippen molar-refractivity contribution >= 4 is 17.5 Å². The summed E-state index contributed by atoms with van der Waals surface area (Å²) in [5, 5.41) is 14.6. The number of carbonyl (C=O) groups is 2. The average Bonchev–Trinajstić information content (AvgIpc) is 3.38. The summed E-state index contributed by atoms with van der Waals surface area (Å²) in [6.07, 6.45) is 7.72. The minimum atomic E-state index is -0.578. The van der Waals surface area contributed by atoms with Crippen LogP contribution in [0.5, 0.6) is 0 Å². The number of hydrogen-bond acceptors (Lipinski definition) is 5. The van der Waals surface area contributed by atoms with E-state index >= 15 is 0 Å². The molecule has 3 N–H and O–H groups in total. The average molecular weight is 407 g/mol. The molecule has 1 saturated heterocycles. The zero-order chi connectivity index (χ0) is 20.9. The van der Waals surface area contributed by atoms with Crippen LogP contribution < -0.4 is 10.6 Å². The van der Waals surface area contributed by atoms with Crippen LogP contribution >= 0.6 is 0 Å². The number of rotatable bonds is 8. The van der Waals surface area contributed by atoms with E-state index in [2.05, 4.69) is 15.6 Å². The molecule has 7 nitrogen and oxygen atoms in total. The van der Waals surface area contributed by atoms with Gasteiger partial charge in [0, 0.05) is 31.2 Å². The van der Waals surface area contributed by atoms with Gasteiger partial charge in [-0.1, -0.05) is 24.3 Å². The molecular weight excluding hydrogens is 382 g/mol. The highest BCUT2D eigenvalue weighted by Gasteiger charge is 2.52. The summed E-state index contributed by atoms with van der Waals surface area (Å²) in [6, 6.07) is 11.6. The molecular formula is C23H25N3O4. The second-order valence-electron chi connectivity index (χ2n) is 7.59. The third-order valence-electron chi connectivity index (χ3n) is 5.52. The monoisotopic (exact) mass is 407 g/mol. The number of ether oxygens (including phenoxy) is 1. The Kier molecular flexibility index (Phi) is 6.21. The van der Waals surface area contributed by atoms with Crippen molar-refractivity contribution in [2.45, 2.75) is 25.0 Å². The van der Waals surface area contributed by atoms with Gasteiger partial charge in [0.1, 0.15) is 0 Å². The maximum Gasteiger partial charge on any atom is 0.231 e. The summed E-state index contributed by atoms with van der Waals surface area (Å²) >= 11 is 0. The van der Waals surface area contributed by atoms with Gasteiger partial charge in [0.2, 0.25) is 11.8 Å². The second kappa shape index (κ2) is 9.19. The fourth-order valence-corrected chi connectivity index (χ4v) is 4.01. The highest BCUT2D eigenvalue weighted by atomic mass is 16.5. The zero-order valence-corrected chi connectivity index (χ0v) is 16.5. The van der Waals surface area contributed by atoms with Crippen molar-refractivity contribution in [1.82, 2.24) is 10.3 Å². The van der Waals surface area contributed by atoms with Crippen molar-refractivity contribution in [2.75, 3.05) is 18.5 Å². The quantitative estimate of drug-likeness (QED) is 0.457. The topological polar surface area (TPSA) is 101 Å². The zero-order valence-electron chi connectivity index (χ0n) is 16.5. The van der Waals surface area contributed by atoms with Gasteiger partial charge in [-0.25, -0.2) is 0 Å². The smallest absolute Gasteiger partial charge is 0.231 e. The Bertz CT molecular complexity index is 914. The predicted molar refractivity (Wildman–Crippen MR) is 112 cm³/mol. The number of nitrogens with zero attached hydrogens (tertiary/aromatic N) is 1.